The van der Waals surface area contributed by atoms with Crippen molar-refractivity contribution >= 4 is 11.0 Å². The van der Waals surface area contributed by atoms with Crippen LogP contribution in [-0.4, -0.2) is 13.7 Å². The maximum atomic E-state index is 13.4. The molecule has 0 fully saturated rings. The maximum absolute atomic E-state index is 13.4. The third kappa shape index (κ3) is 2.46. The predicted octanol–water partition coefficient (Wildman–Crippen LogP) is 2.11. The molecule has 0 spiro atoms. The number of nitrogens with two attached hydrogens (primary N) is 1. The molecule has 0 aliphatic rings. The molecule has 1 heterocycles. The zero-order chi connectivity index (χ0) is 12.3. The smallest absolute Gasteiger partial charge is 0.169 e. The van der Waals surface area contributed by atoms with Crippen LogP contribution >= 0.6 is 0 Å². The lowest BCUT2D eigenvalue weighted by Gasteiger charge is -2.11. The van der Waals surface area contributed by atoms with E-state index >= 15 is 0 Å². The van der Waals surface area contributed by atoms with Gasteiger partial charge in [0.1, 0.15) is 5.76 Å². The van der Waals surface area contributed by atoms with Gasteiger partial charge in [0.2, 0.25) is 0 Å². The first kappa shape index (κ1) is 12.0. The monoisotopic (exact) mass is 238 g/mol. The molecule has 92 valence electrons. The zero-order valence-electron chi connectivity index (χ0n) is 9.57. The largest absolute Gasteiger partial charge is 0.456 e. The van der Waals surface area contributed by atoms with Crippen molar-refractivity contribution in [1.82, 2.24) is 5.43 Å². The van der Waals surface area contributed by atoms with E-state index in [4.69, 9.17) is 15.0 Å². The average molecular weight is 238 g/mol. The second-order valence-corrected chi connectivity index (χ2v) is 3.81. The lowest BCUT2D eigenvalue weighted by Crippen LogP contribution is -2.28. The van der Waals surface area contributed by atoms with Crippen LogP contribution in [0, 0.1) is 5.82 Å². The molecule has 0 amide bonds. The Kier molecular flexibility index (Phi) is 3.73. The summed E-state index contributed by atoms with van der Waals surface area (Å²) in [7, 11) is 1.62. The van der Waals surface area contributed by atoms with Gasteiger partial charge in [0.25, 0.3) is 0 Å². The normalized spacial score (nSPS) is 13.1. The van der Waals surface area contributed by atoms with Crippen LogP contribution in [0.5, 0.6) is 0 Å². The third-order valence-corrected chi connectivity index (χ3v) is 2.67. The van der Waals surface area contributed by atoms with Crippen molar-refractivity contribution in [2.24, 2.45) is 5.84 Å². The first-order valence-electron chi connectivity index (χ1n) is 5.39. The van der Waals surface area contributed by atoms with Crippen molar-refractivity contribution < 1.29 is 13.5 Å². The lowest BCUT2D eigenvalue weighted by molar-refractivity contribution is 0.179. The molecule has 2 rings (SSSR count). The lowest BCUT2D eigenvalue weighted by atomic mass is 10.1. The molecule has 5 heteroatoms. The molecular formula is C12H15FN2O2. The van der Waals surface area contributed by atoms with Crippen molar-refractivity contribution in [3.63, 3.8) is 0 Å². The fraction of sp³-hybridized carbons (Fsp3) is 0.333. The zero-order valence-corrected chi connectivity index (χ0v) is 9.57. The summed E-state index contributed by atoms with van der Waals surface area (Å²) in [4.78, 5) is 0. The molecule has 1 atom stereocenters. The first-order chi connectivity index (χ1) is 8.26. The molecule has 2 aromatic rings. The molecule has 0 aliphatic carbocycles. The summed E-state index contributed by atoms with van der Waals surface area (Å²) in [5.41, 5.74) is 2.90. The van der Waals surface area contributed by atoms with E-state index in [1.54, 1.807) is 25.3 Å². The number of fused-ring (bicyclic) bond motifs is 1. The molecular weight excluding hydrogens is 223 g/mol. The van der Waals surface area contributed by atoms with E-state index in [9.17, 15) is 4.39 Å². The number of para-hydroxylation sites is 1. The average Bonchev–Trinajstić information content (AvgIpc) is 2.75. The van der Waals surface area contributed by atoms with Gasteiger partial charge in [-0.3, -0.25) is 5.84 Å². The Labute approximate surface area is 98.5 Å². The van der Waals surface area contributed by atoms with Crippen LogP contribution in [0.25, 0.3) is 11.0 Å². The molecule has 4 nitrogen and oxygen atoms in total. The number of halogens is 1. The van der Waals surface area contributed by atoms with Gasteiger partial charge in [-0.25, -0.2) is 9.82 Å². The van der Waals surface area contributed by atoms with E-state index < -0.39 is 0 Å². The highest BCUT2D eigenvalue weighted by atomic mass is 19.1. The maximum Gasteiger partial charge on any atom is 0.169 e. The molecule has 0 saturated carbocycles. The Balaban J connectivity index is 2.31. The summed E-state index contributed by atoms with van der Waals surface area (Å²) >= 11 is 0. The van der Waals surface area contributed by atoms with E-state index in [2.05, 4.69) is 5.43 Å². The number of rotatable bonds is 5. The van der Waals surface area contributed by atoms with Gasteiger partial charge in [0.05, 0.1) is 6.04 Å². The Morgan fingerprint density at radius 3 is 3.00 bits per heavy atom. The minimum Gasteiger partial charge on any atom is -0.456 e. The minimum absolute atomic E-state index is 0.179. The van der Waals surface area contributed by atoms with Gasteiger partial charge in [-0.05, 0) is 18.6 Å². The predicted molar refractivity (Wildman–Crippen MR) is 62.7 cm³/mol. The van der Waals surface area contributed by atoms with Crippen LogP contribution in [0.15, 0.2) is 28.7 Å². The van der Waals surface area contributed by atoms with Gasteiger partial charge in [0, 0.05) is 19.1 Å². The fourth-order valence-electron chi connectivity index (χ4n) is 1.76. The number of hydrogen-bond acceptors (Lipinski definition) is 4. The van der Waals surface area contributed by atoms with Gasteiger partial charge >= 0.3 is 0 Å². The van der Waals surface area contributed by atoms with Crippen molar-refractivity contribution in [2.45, 2.75) is 12.5 Å². The fourth-order valence-corrected chi connectivity index (χ4v) is 1.76. The van der Waals surface area contributed by atoms with Gasteiger partial charge in [-0.2, -0.15) is 0 Å². The molecule has 0 aliphatic heterocycles. The molecule has 1 unspecified atom stereocenters. The van der Waals surface area contributed by atoms with E-state index in [1.165, 1.54) is 6.07 Å². The summed E-state index contributed by atoms with van der Waals surface area (Å²) in [6.07, 6.45) is 0.661. The minimum atomic E-state index is -0.365. The molecule has 1 aromatic heterocycles. The topological polar surface area (TPSA) is 60.4 Å². The third-order valence-electron chi connectivity index (χ3n) is 2.67. The highest BCUT2D eigenvalue weighted by Gasteiger charge is 2.16. The number of furan rings is 1. The number of benzene rings is 1. The Bertz CT molecular complexity index is 498. The molecule has 1 aromatic carbocycles. The molecule has 17 heavy (non-hydrogen) atoms. The van der Waals surface area contributed by atoms with Gasteiger partial charge in [0.15, 0.2) is 11.4 Å². The SMILES string of the molecule is COCCC(NN)c1cc2cccc(F)c2o1. The quantitative estimate of drug-likeness (QED) is 0.618. The van der Waals surface area contributed by atoms with E-state index in [0.29, 0.717) is 18.8 Å². The summed E-state index contributed by atoms with van der Waals surface area (Å²) in [5.74, 6) is 5.70. The number of hydrazine groups is 1. The summed E-state index contributed by atoms with van der Waals surface area (Å²) in [6, 6.07) is 6.43. The van der Waals surface area contributed by atoms with Crippen LogP contribution in [0.1, 0.15) is 18.2 Å². The number of nitrogens with one attached hydrogen (secondary N) is 1. The standard InChI is InChI=1S/C12H15FN2O2/c1-16-6-5-10(15-14)11-7-8-3-2-4-9(13)12(8)17-11/h2-4,7,10,15H,5-6,14H2,1H3. The number of ether oxygens (including phenoxy) is 1. The number of hydrogen-bond donors (Lipinski definition) is 2. The highest BCUT2D eigenvalue weighted by Crippen LogP contribution is 2.27. The Morgan fingerprint density at radius 2 is 2.35 bits per heavy atom. The summed E-state index contributed by atoms with van der Waals surface area (Å²) < 4.78 is 23.9. The first-order valence-corrected chi connectivity index (χ1v) is 5.39. The van der Waals surface area contributed by atoms with Crippen molar-refractivity contribution in [2.75, 3.05) is 13.7 Å². The van der Waals surface area contributed by atoms with Crippen LogP contribution in [0.4, 0.5) is 4.39 Å². The van der Waals surface area contributed by atoms with Crippen molar-refractivity contribution in [3.8, 4) is 0 Å². The molecule has 3 N–H and O–H groups in total. The van der Waals surface area contributed by atoms with Gasteiger partial charge in [-0.15, -0.1) is 0 Å². The van der Waals surface area contributed by atoms with Crippen LogP contribution in [0.2, 0.25) is 0 Å². The summed E-state index contributed by atoms with van der Waals surface area (Å²) in [6.45, 7) is 0.550. The van der Waals surface area contributed by atoms with E-state index in [0.717, 1.165) is 5.39 Å². The van der Waals surface area contributed by atoms with Crippen molar-refractivity contribution in [3.05, 3.63) is 35.8 Å². The van der Waals surface area contributed by atoms with E-state index in [-0.39, 0.29) is 17.4 Å². The van der Waals surface area contributed by atoms with Gasteiger partial charge in [-0.1, -0.05) is 12.1 Å². The molecule has 0 saturated heterocycles. The molecule has 0 bridgehead atoms. The second-order valence-electron chi connectivity index (χ2n) is 3.81. The summed E-state index contributed by atoms with van der Waals surface area (Å²) in [5, 5.41) is 0.734. The van der Waals surface area contributed by atoms with Crippen LogP contribution in [-0.2, 0) is 4.74 Å². The van der Waals surface area contributed by atoms with Crippen molar-refractivity contribution in [1.29, 1.82) is 0 Å². The van der Waals surface area contributed by atoms with Gasteiger partial charge < -0.3 is 9.15 Å². The highest BCUT2D eigenvalue weighted by molar-refractivity contribution is 5.78. The van der Waals surface area contributed by atoms with E-state index in [1.807, 2.05) is 0 Å². The molecule has 0 radical (unpaired) electrons. The second kappa shape index (κ2) is 5.27. The van der Waals surface area contributed by atoms with Crippen LogP contribution in [0.3, 0.4) is 0 Å². The number of methoxy groups -OCH3 is 1. The Hall–Kier alpha value is -1.43. The van der Waals surface area contributed by atoms with Crippen LogP contribution < -0.4 is 11.3 Å². The Morgan fingerprint density at radius 1 is 1.53 bits per heavy atom.